The highest BCUT2D eigenvalue weighted by Gasteiger charge is 2.19. The summed E-state index contributed by atoms with van der Waals surface area (Å²) in [6.07, 6.45) is 77.6. The number of hydrogen-bond acceptors (Lipinski definition) is 6. The average molecular weight is 905 g/mol. The van der Waals surface area contributed by atoms with Crippen molar-refractivity contribution in [3.05, 3.63) is 170 Å². The van der Waals surface area contributed by atoms with Gasteiger partial charge in [0.15, 0.2) is 6.10 Å². The Balaban J connectivity index is 4.61. The summed E-state index contributed by atoms with van der Waals surface area (Å²) in [5.41, 5.74) is 0. The van der Waals surface area contributed by atoms with Crippen molar-refractivity contribution in [2.24, 2.45) is 0 Å². The van der Waals surface area contributed by atoms with Crippen molar-refractivity contribution in [3.8, 4) is 0 Å². The van der Waals surface area contributed by atoms with Gasteiger partial charge < -0.3 is 14.2 Å². The number of hydrogen-bond donors (Lipinski definition) is 0. The Morgan fingerprint density at radius 3 is 1.05 bits per heavy atom. The standard InChI is InChI=1S/C60H88O6/c1-4-7-10-13-16-19-22-25-27-29-30-31-33-35-38-41-44-47-50-53-59(62)65-56-57(55-64-58(61)52-49-46-43-40-37-34-24-21-18-15-12-9-6-3)66-60(63)54-51-48-45-42-39-36-32-28-26-23-20-17-14-11-8-5-2/h7-13,15-22,24-31,33-35,37-38,57H,4-6,14,23,32,36,39-56H2,1-3H3/b10-7-,11-8-,12-9-,16-13-,18-15-,20-17-,22-19-,24-21-,27-25-,28-26-,30-29+,33-31-,37-34-,38-35-. The van der Waals surface area contributed by atoms with Crippen LogP contribution in [0.25, 0.3) is 0 Å². The van der Waals surface area contributed by atoms with E-state index in [1.807, 2.05) is 109 Å². The number of allylic oxidation sites excluding steroid dienone is 28. The van der Waals surface area contributed by atoms with Crippen LogP contribution < -0.4 is 0 Å². The lowest BCUT2D eigenvalue weighted by molar-refractivity contribution is -0.167. The molecule has 0 heterocycles. The van der Waals surface area contributed by atoms with Gasteiger partial charge in [0, 0.05) is 19.3 Å². The highest BCUT2D eigenvalue weighted by Crippen LogP contribution is 2.12. The van der Waals surface area contributed by atoms with Crippen LogP contribution in [0, 0.1) is 0 Å². The Morgan fingerprint density at radius 2 is 0.621 bits per heavy atom. The topological polar surface area (TPSA) is 78.9 Å². The Labute approximate surface area is 402 Å². The van der Waals surface area contributed by atoms with E-state index in [9.17, 15) is 14.4 Å². The summed E-state index contributed by atoms with van der Waals surface area (Å²) in [5, 5.41) is 0. The summed E-state index contributed by atoms with van der Waals surface area (Å²) >= 11 is 0. The first-order valence-electron chi connectivity index (χ1n) is 25.3. The third kappa shape index (κ3) is 49.8. The number of carbonyl (C=O) groups excluding carboxylic acids is 3. The van der Waals surface area contributed by atoms with Gasteiger partial charge in [0.2, 0.25) is 0 Å². The summed E-state index contributed by atoms with van der Waals surface area (Å²) in [6, 6.07) is 0. The molecule has 6 heteroatoms. The molecule has 0 aliphatic carbocycles. The second-order valence-electron chi connectivity index (χ2n) is 15.9. The van der Waals surface area contributed by atoms with Gasteiger partial charge in [0.1, 0.15) is 13.2 Å². The Bertz CT molecular complexity index is 1600. The Morgan fingerprint density at radius 1 is 0.318 bits per heavy atom. The van der Waals surface area contributed by atoms with E-state index in [1.165, 1.54) is 12.8 Å². The van der Waals surface area contributed by atoms with Gasteiger partial charge in [0.05, 0.1) is 0 Å². The smallest absolute Gasteiger partial charge is 0.306 e. The monoisotopic (exact) mass is 905 g/mol. The first-order chi connectivity index (χ1) is 32.5. The summed E-state index contributed by atoms with van der Waals surface area (Å²) < 4.78 is 16.7. The number of ether oxygens (including phenoxy) is 3. The van der Waals surface area contributed by atoms with Gasteiger partial charge in [-0.1, -0.05) is 229 Å². The van der Waals surface area contributed by atoms with Crippen LogP contribution in [0.3, 0.4) is 0 Å². The minimum absolute atomic E-state index is 0.128. The fraction of sp³-hybridized carbons (Fsp3) is 0.483. The van der Waals surface area contributed by atoms with E-state index in [0.717, 1.165) is 109 Å². The number of carbonyl (C=O) groups is 3. The Hall–Kier alpha value is -5.23. The second-order valence-corrected chi connectivity index (χ2v) is 15.9. The molecule has 0 rings (SSSR count). The fourth-order valence-electron chi connectivity index (χ4n) is 6.04. The van der Waals surface area contributed by atoms with Crippen LogP contribution in [0.2, 0.25) is 0 Å². The molecule has 0 aliphatic rings. The predicted octanol–water partition coefficient (Wildman–Crippen LogP) is 16.8. The molecular weight excluding hydrogens is 817 g/mol. The minimum Gasteiger partial charge on any atom is -0.462 e. The second kappa shape index (κ2) is 52.4. The lowest BCUT2D eigenvalue weighted by Crippen LogP contribution is -2.30. The molecular formula is C60H88O6. The zero-order valence-corrected chi connectivity index (χ0v) is 41.4. The van der Waals surface area contributed by atoms with Crippen molar-refractivity contribution in [1.82, 2.24) is 0 Å². The first kappa shape index (κ1) is 60.8. The van der Waals surface area contributed by atoms with E-state index in [-0.39, 0.29) is 44.0 Å². The van der Waals surface area contributed by atoms with Gasteiger partial charge in [-0.05, 0) is 89.9 Å². The van der Waals surface area contributed by atoms with Crippen LogP contribution in [-0.2, 0) is 28.6 Å². The van der Waals surface area contributed by atoms with Crippen molar-refractivity contribution in [1.29, 1.82) is 0 Å². The first-order valence-corrected chi connectivity index (χ1v) is 25.3. The molecule has 0 aliphatic heterocycles. The van der Waals surface area contributed by atoms with Gasteiger partial charge in [-0.15, -0.1) is 0 Å². The maximum atomic E-state index is 12.8. The fourth-order valence-corrected chi connectivity index (χ4v) is 6.04. The third-order valence-electron chi connectivity index (χ3n) is 9.74. The lowest BCUT2D eigenvalue weighted by Gasteiger charge is -2.18. The zero-order valence-electron chi connectivity index (χ0n) is 41.4. The summed E-state index contributed by atoms with van der Waals surface area (Å²) in [5.74, 6) is -1.04. The number of unbranched alkanes of at least 4 members (excludes halogenated alkanes) is 12. The molecule has 0 saturated carbocycles. The van der Waals surface area contributed by atoms with Crippen LogP contribution in [0.1, 0.15) is 168 Å². The van der Waals surface area contributed by atoms with Crippen molar-refractivity contribution in [2.75, 3.05) is 13.2 Å². The van der Waals surface area contributed by atoms with Crippen molar-refractivity contribution < 1.29 is 28.6 Å². The minimum atomic E-state index is -0.830. The largest absolute Gasteiger partial charge is 0.462 e. The van der Waals surface area contributed by atoms with E-state index < -0.39 is 6.10 Å². The van der Waals surface area contributed by atoms with Crippen LogP contribution in [0.5, 0.6) is 0 Å². The third-order valence-corrected chi connectivity index (χ3v) is 9.74. The van der Waals surface area contributed by atoms with Crippen LogP contribution in [-0.4, -0.2) is 37.2 Å². The molecule has 0 aromatic carbocycles. The average Bonchev–Trinajstić information content (AvgIpc) is 3.31. The van der Waals surface area contributed by atoms with Gasteiger partial charge >= 0.3 is 17.9 Å². The molecule has 0 aromatic heterocycles. The maximum Gasteiger partial charge on any atom is 0.306 e. The molecule has 1 atom stereocenters. The van der Waals surface area contributed by atoms with Crippen molar-refractivity contribution in [3.63, 3.8) is 0 Å². The van der Waals surface area contributed by atoms with E-state index in [4.69, 9.17) is 14.2 Å². The van der Waals surface area contributed by atoms with E-state index >= 15 is 0 Å². The molecule has 6 nitrogen and oxygen atoms in total. The lowest BCUT2D eigenvalue weighted by atomic mass is 10.1. The molecule has 0 aromatic rings. The summed E-state index contributed by atoms with van der Waals surface area (Å²) in [6.45, 7) is 6.12. The molecule has 0 spiro atoms. The molecule has 0 radical (unpaired) electrons. The van der Waals surface area contributed by atoms with Gasteiger partial charge in [0.25, 0.3) is 0 Å². The molecule has 364 valence electrons. The van der Waals surface area contributed by atoms with Crippen LogP contribution >= 0.6 is 0 Å². The zero-order chi connectivity index (χ0) is 47.9. The SMILES string of the molecule is CC\C=C/C=C\C=C/C=C\C=C\C=C/C=C\CCCCCC(=O)OCC(COC(=O)CCCCC\C=C/C=C\C=C/C=C\CC)OC(=O)CCCCCCCC/C=C\C/C=C\C/C=C\CC. The van der Waals surface area contributed by atoms with E-state index in [2.05, 4.69) is 81.5 Å². The molecule has 0 amide bonds. The van der Waals surface area contributed by atoms with Crippen molar-refractivity contribution in [2.45, 2.75) is 175 Å². The highest BCUT2D eigenvalue weighted by molar-refractivity contribution is 5.71. The maximum absolute atomic E-state index is 12.8. The summed E-state index contributed by atoms with van der Waals surface area (Å²) in [4.78, 5) is 38.0. The quantitative estimate of drug-likeness (QED) is 0.0200. The van der Waals surface area contributed by atoms with Gasteiger partial charge in [-0.2, -0.15) is 0 Å². The van der Waals surface area contributed by atoms with Crippen LogP contribution in [0.15, 0.2) is 170 Å². The Kier molecular flexibility index (Phi) is 48.2. The molecule has 0 bridgehead atoms. The molecule has 0 fully saturated rings. The highest BCUT2D eigenvalue weighted by atomic mass is 16.6. The molecule has 1 unspecified atom stereocenters. The normalized spacial score (nSPS) is 13.6. The van der Waals surface area contributed by atoms with E-state index in [0.29, 0.717) is 12.8 Å². The van der Waals surface area contributed by atoms with Crippen LogP contribution in [0.4, 0.5) is 0 Å². The van der Waals surface area contributed by atoms with Crippen molar-refractivity contribution >= 4 is 17.9 Å². The number of esters is 3. The molecule has 0 saturated heterocycles. The number of rotatable bonds is 42. The molecule has 0 N–H and O–H groups in total. The summed E-state index contributed by atoms with van der Waals surface area (Å²) in [7, 11) is 0. The predicted molar refractivity (Wildman–Crippen MR) is 283 cm³/mol. The van der Waals surface area contributed by atoms with E-state index in [1.54, 1.807) is 0 Å². The van der Waals surface area contributed by atoms with Gasteiger partial charge in [-0.25, -0.2) is 0 Å². The van der Waals surface area contributed by atoms with Gasteiger partial charge in [-0.3, -0.25) is 14.4 Å². The molecule has 66 heavy (non-hydrogen) atoms.